The van der Waals surface area contributed by atoms with Gasteiger partial charge in [-0.25, -0.2) is 9.36 Å². The maximum absolute atomic E-state index is 13.9. The molecule has 0 radical (unpaired) electrons. The van der Waals surface area contributed by atoms with Gasteiger partial charge in [-0.15, -0.1) is 0 Å². The molecule has 5 rings (SSSR count). The Balaban J connectivity index is 1.73. The summed E-state index contributed by atoms with van der Waals surface area (Å²) in [7, 11) is 0. The largest absolute Gasteiger partial charge is 0.372 e. The lowest BCUT2D eigenvalue weighted by molar-refractivity contribution is 0.830. The molecule has 0 atom stereocenters. The van der Waals surface area contributed by atoms with Gasteiger partial charge in [0.15, 0.2) is 0 Å². The molecule has 194 valence electrons. The maximum atomic E-state index is 13.9. The topological polar surface area (TPSA) is 78.8 Å². The summed E-state index contributed by atoms with van der Waals surface area (Å²) in [6.45, 7) is 9.85. The van der Waals surface area contributed by atoms with Crippen LogP contribution < -0.4 is 16.0 Å². The minimum absolute atomic E-state index is 0.169. The third-order valence-corrected chi connectivity index (χ3v) is 7.20. The Morgan fingerprint density at radius 1 is 0.658 bits per heavy atom. The van der Waals surface area contributed by atoms with Crippen LogP contribution in [0.15, 0.2) is 94.5 Å². The van der Waals surface area contributed by atoms with Crippen molar-refractivity contribution in [3.8, 4) is 11.4 Å². The molecule has 0 spiro atoms. The van der Waals surface area contributed by atoms with Gasteiger partial charge in [-0.05, 0) is 69.7 Å². The van der Waals surface area contributed by atoms with Gasteiger partial charge in [0.05, 0.1) is 22.5 Å². The van der Waals surface area contributed by atoms with Crippen LogP contribution in [0.25, 0.3) is 11.4 Å². The second-order valence-electron chi connectivity index (χ2n) is 9.45. The summed E-state index contributed by atoms with van der Waals surface area (Å²) in [5.74, 6) is -0.553. The Bertz CT molecular complexity index is 1540. The minimum atomic E-state index is -0.553. The third-order valence-electron chi connectivity index (χ3n) is 7.20. The highest BCUT2D eigenvalue weighted by atomic mass is 16.1. The number of hydrogen-bond acceptors (Lipinski definition) is 3. The molecule has 5 aromatic rings. The summed E-state index contributed by atoms with van der Waals surface area (Å²) in [4.78, 5) is 30.2. The summed E-state index contributed by atoms with van der Waals surface area (Å²) in [6.07, 6.45) is 0. The molecular weight excluding hydrogens is 474 g/mol. The lowest BCUT2D eigenvalue weighted by Gasteiger charge is -2.22. The summed E-state index contributed by atoms with van der Waals surface area (Å²) in [5, 5.41) is 6.50. The smallest absolute Gasteiger partial charge is 0.275 e. The van der Waals surface area contributed by atoms with E-state index in [1.54, 1.807) is 9.36 Å². The fraction of sp³-hybridized carbons (Fsp3) is 0.226. The average Bonchev–Trinajstić information content (AvgIpc) is 3.41. The number of aromatic amines is 2. The van der Waals surface area contributed by atoms with E-state index in [2.05, 4.69) is 41.1 Å². The molecule has 0 aliphatic rings. The zero-order valence-electron chi connectivity index (χ0n) is 22.2. The number of aryl methyl sites for hydroxylation is 2. The number of anilines is 1. The Labute approximate surface area is 222 Å². The first-order chi connectivity index (χ1) is 18.4. The van der Waals surface area contributed by atoms with Crippen molar-refractivity contribution in [2.24, 2.45) is 0 Å². The van der Waals surface area contributed by atoms with E-state index in [4.69, 9.17) is 0 Å². The Morgan fingerprint density at radius 3 is 1.47 bits per heavy atom. The number of rotatable bonds is 8. The van der Waals surface area contributed by atoms with E-state index in [1.807, 2.05) is 86.6 Å². The van der Waals surface area contributed by atoms with Crippen LogP contribution in [0.2, 0.25) is 0 Å². The predicted octanol–water partition coefficient (Wildman–Crippen LogP) is 5.29. The molecule has 0 amide bonds. The zero-order valence-corrected chi connectivity index (χ0v) is 22.2. The molecule has 0 bridgehead atoms. The van der Waals surface area contributed by atoms with Gasteiger partial charge in [0.25, 0.3) is 11.1 Å². The van der Waals surface area contributed by atoms with Crippen molar-refractivity contribution < 1.29 is 0 Å². The van der Waals surface area contributed by atoms with Gasteiger partial charge in [0.2, 0.25) is 0 Å². The van der Waals surface area contributed by atoms with Crippen molar-refractivity contribution in [3.63, 3.8) is 0 Å². The van der Waals surface area contributed by atoms with Crippen LogP contribution in [0.1, 0.15) is 47.8 Å². The first-order valence-corrected chi connectivity index (χ1v) is 13.0. The quantitative estimate of drug-likeness (QED) is 0.300. The monoisotopic (exact) mass is 507 g/mol. The van der Waals surface area contributed by atoms with Gasteiger partial charge < -0.3 is 4.90 Å². The number of nitrogens with zero attached hydrogens (tertiary/aromatic N) is 3. The molecule has 2 aromatic heterocycles. The maximum Gasteiger partial charge on any atom is 0.275 e. The predicted molar refractivity (Wildman–Crippen MR) is 153 cm³/mol. The molecule has 2 N–H and O–H groups in total. The van der Waals surface area contributed by atoms with Crippen LogP contribution >= 0.6 is 0 Å². The Morgan fingerprint density at radius 2 is 1.08 bits per heavy atom. The van der Waals surface area contributed by atoms with Gasteiger partial charge >= 0.3 is 0 Å². The highest BCUT2D eigenvalue weighted by Crippen LogP contribution is 2.33. The van der Waals surface area contributed by atoms with E-state index in [0.717, 1.165) is 47.1 Å². The van der Waals surface area contributed by atoms with Crippen molar-refractivity contribution >= 4 is 5.69 Å². The highest BCUT2D eigenvalue weighted by molar-refractivity contribution is 5.53. The fourth-order valence-corrected chi connectivity index (χ4v) is 5.26. The summed E-state index contributed by atoms with van der Waals surface area (Å²) in [5.41, 5.74) is 5.72. The van der Waals surface area contributed by atoms with Gasteiger partial charge in [-0.1, -0.05) is 48.5 Å². The average molecular weight is 508 g/mol. The molecule has 38 heavy (non-hydrogen) atoms. The summed E-state index contributed by atoms with van der Waals surface area (Å²) in [6, 6.07) is 27.2. The normalized spacial score (nSPS) is 11.3. The van der Waals surface area contributed by atoms with Gasteiger partial charge in [0, 0.05) is 36.1 Å². The van der Waals surface area contributed by atoms with Gasteiger partial charge in [0.1, 0.15) is 0 Å². The SMILES string of the molecule is CCN(CC)c1ccc(C(c2c(C)[nH]n(-c3ccccc3)c2=O)c2c(C)[nH]n(-c3ccccc3)c2=O)cc1. The molecule has 3 aromatic carbocycles. The van der Waals surface area contributed by atoms with Crippen LogP contribution in [0.5, 0.6) is 0 Å². The van der Waals surface area contributed by atoms with Crippen LogP contribution in [0, 0.1) is 13.8 Å². The first-order valence-electron chi connectivity index (χ1n) is 13.0. The molecule has 0 fully saturated rings. The van der Waals surface area contributed by atoms with E-state index in [1.165, 1.54) is 0 Å². The minimum Gasteiger partial charge on any atom is -0.372 e. The Hall–Kier alpha value is -4.52. The van der Waals surface area contributed by atoms with E-state index in [-0.39, 0.29) is 11.1 Å². The molecule has 0 unspecified atom stereocenters. The van der Waals surface area contributed by atoms with E-state index in [0.29, 0.717) is 11.1 Å². The van der Waals surface area contributed by atoms with Gasteiger partial charge in [-0.3, -0.25) is 19.8 Å². The number of hydrogen-bond donors (Lipinski definition) is 2. The molecule has 2 heterocycles. The molecule has 0 saturated heterocycles. The van der Waals surface area contributed by atoms with Gasteiger partial charge in [-0.2, -0.15) is 0 Å². The molecule has 0 saturated carbocycles. The van der Waals surface area contributed by atoms with Crippen LogP contribution in [-0.4, -0.2) is 32.7 Å². The first kappa shape index (κ1) is 25.1. The fourth-order valence-electron chi connectivity index (χ4n) is 5.26. The van der Waals surface area contributed by atoms with E-state index in [9.17, 15) is 9.59 Å². The van der Waals surface area contributed by atoms with Crippen LogP contribution in [0.3, 0.4) is 0 Å². The second-order valence-corrected chi connectivity index (χ2v) is 9.45. The van der Waals surface area contributed by atoms with E-state index < -0.39 is 5.92 Å². The lowest BCUT2D eigenvalue weighted by atomic mass is 9.85. The summed E-state index contributed by atoms with van der Waals surface area (Å²) >= 11 is 0. The number of benzene rings is 3. The molecule has 7 heteroatoms. The number of para-hydroxylation sites is 2. The molecule has 0 aliphatic carbocycles. The molecular formula is C31H33N5O2. The van der Waals surface area contributed by atoms with Crippen LogP contribution in [-0.2, 0) is 0 Å². The second kappa shape index (κ2) is 10.5. The van der Waals surface area contributed by atoms with Crippen molar-refractivity contribution in [1.82, 2.24) is 19.6 Å². The van der Waals surface area contributed by atoms with Crippen molar-refractivity contribution in [1.29, 1.82) is 0 Å². The van der Waals surface area contributed by atoms with Crippen molar-refractivity contribution in [2.45, 2.75) is 33.6 Å². The Kier molecular flexibility index (Phi) is 6.92. The van der Waals surface area contributed by atoms with Crippen molar-refractivity contribution in [2.75, 3.05) is 18.0 Å². The summed E-state index contributed by atoms with van der Waals surface area (Å²) < 4.78 is 3.11. The number of nitrogens with one attached hydrogen (secondary N) is 2. The highest BCUT2D eigenvalue weighted by Gasteiger charge is 2.31. The standard InChI is InChI=1S/C31H33N5O2/c1-5-34(6-2)24-19-17-23(18-20-24)29(27-21(3)32-35(30(27)37)25-13-9-7-10-14-25)28-22(4)33-36(31(28)38)26-15-11-8-12-16-26/h7-20,29,32-33H,5-6H2,1-4H3. The molecule has 0 aliphatic heterocycles. The third kappa shape index (κ3) is 4.41. The van der Waals surface area contributed by atoms with Crippen molar-refractivity contribution in [3.05, 3.63) is 134 Å². The lowest BCUT2D eigenvalue weighted by Crippen LogP contribution is -2.25. The molecule has 7 nitrogen and oxygen atoms in total. The van der Waals surface area contributed by atoms with E-state index >= 15 is 0 Å². The number of aromatic nitrogens is 4. The van der Waals surface area contributed by atoms with Crippen LogP contribution in [0.4, 0.5) is 5.69 Å². The zero-order chi connectivity index (χ0) is 26.8. The number of H-pyrrole nitrogens is 2.